The molecule has 0 unspecified atom stereocenters. The van der Waals surface area contributed by atoms with Gasteiger partial charge in [-0.05, 0) is 115 Å². The Morgan fingerprint density at radius 2 is 1.35 bits per heavy atom. The zero-order valence-corrected chi connectivity index (χ0v) is 24.7. The van der Waals surface area contributed by atoms with E-state index in [1.165, 1.54) is 55.9 Å². The minimum Gasteiger partial charge on any atom is -0.362 e. The lowest BCUT2D eigenvalue weighted by molar-refractivity contribution is 0.781. The van der Waals surface area contributed by atoms with Crippen molar-refractivity contribution in [3.05, 3.63) is 167 Å². The summed E-state index contributed by atoms with van der Waals surface area (Å²) in [6.45, 7) is 0. The van der Waals surface area contributed by atoms with Crippen LogP contribution in [0.25, 0.3) is 28.0 Å². The monoisotopic (exact) mass is 558 g/mol. The van der Waals surface area contributed by atoms with Gasteiger partial charge in [0.25, 0.3) is 0 Å². The molecule has 1 heterocycles. The van der Waals surface area contributed by atoms with Crippen molar-refractivity contribution in [1.29, 1.82) is 0 Å². The molecule has 1 N–H and O–H groups in total. The van der Waals surface area contributed by atoms with Gasteiger partial charge in [-0.3, -0.25) is 4.98 Å². The van der Waals surface area contributed by atoms with E-state index in [1.807, 2.05) is 12.3 Å². The summed E-state index contributed by atoms with van der Waals surface area (Å²) in [6.07, 6.45) is 31.5. The number of aromatic nitrogens is 1. The van der Waals surface area contributed by atoms with Crippen LogP contribution in [0.1, 0.15) is 68.1 Å². The van der Waals surface area contributed by atoms with Gasteiger partial charge >= 0.3 is 0 Å². The SMILES string of the molecule is C1=CC(C2=C(NC3=CC=C(c4ccc(-c5ccccc5)nc4)CC3)CCC(c3cccc(C4=CCCC=C4)c3)=C2)=CCC1. The molecule has 4 aliphatic carbocycles. The molecule has 212 valence electrons. The Bertz CT molecular complexity index is 1750. The van der Waals surface area contributed by atoms with Crippen molar-refractivity contribution in [3.63, 3.8) is 0 Å². The zero-order chi connectivity index (χ0) is 28.8. The highest BCUT2D eigenvalue weighted by Crippen LogP contribution is 2.37. The maximum absolute atomic E-state index is 4.75. The Hall–Kier alpha value is -4.69. The van der Waals surface area contributed by atoms with Crippen molar-refractivity contribution in [3.8, 4) is 11.3 Å². The highest BCUT2D eigenvalue weighted by Gasteiger charge is 2.20. The third-order valence-electron chi connectivity index (χ3n) is 8.82. The van der Waals surface area contributed by atoms with Gasteiger partial charge in [-0.15, -0.1) is 0 Å². The molecule has 43 heavy (non-hydrogen) atoms. The Morgan fingerprint density at radius 3 is 2.07 bits per heavy atom. The summed E-state index contributed by atoms with van der Waals surface area (Å²) >= 11 is 0. The molecule has 0 bridgehead atoms. The van der Waals surface area contributed by atoms with Crippen molar-refractivity contribution in [2.45, 2.75) is 51.4 Å². The van der Waals surface area contributed by atoms with Crippen LogP contribution >= 0.6 is 0 Å². The van der Waals surface area contributed by atoms with Crippen LogP contribution in [-0.4, -0.2) is 4.98 Å². The van der Waals surface area contributed by atoms with E-state index in [4.69, 9.17) is 4.98 Å². The van der Waals surface area contributed by atoms with Gasteiger partial charge in [0.2, 0.25) is 0 Å². The molecule has 2 nitrogen and oxygen atoms in total. The maximum atomic E-state index is 4.75. The lowest BCUT2D eigenvalue weighted by Crippen LogP contribution is -2.19. The standard InChI is InChI=1S/C41H38N2/c1-4-11-30(12-5-1)34-17-10-18-35(27-34)36-21-26-41(39(28-36)32-13-6-2-7-14-32)43-38-23-19-31(20-24-38)37-22-25-40(42-29-37)33-15-8-3-9-16-33/h3-4,6,8-19,22-23,25,27-29,43H,1-2,5,7,20-21,24,26H2. The second kappa shape index (κ2) is 12.7. The summed E-state index contributed by atoms with van der Waals surface area (Å²) in [4.78, 5) is 4.75. The van der Waals surface area contributed by atoms with Gasteiger partial charge in [0.05, 0.1) is 5.69 Å². The van der Waals surface area contributed by atoms with Gasteiger partial charge in [-0.2, -0.15) is 0 Å². The first-order valence-corrected chi connectivity index (χ1v) is 15.8. The number of nitrogens with one attached hydrogen (secondary N) is 1. The molecule has 0 spiro atoms. The number of pyridine rings is 1. The van der Waals surface area contributed by atoms with E-state index in [0.29, 0.717) is 0 Å². The second-order valence-corrected chi connectivity index (χ2v) is 11.7. The fourth-order valence-corrected chi connectivity index (χ4v) is 6.42. The van der Waals surface area contributed by atoms with Gasteiger partial charge in [0, 0.05) is 28.7 Å². The minimum atomic E-state index is 0.999. The molecule has 3 aromatic rings. The van der Waals surface area contributed by atoms with Crippen LogP contribution in [0.2, 0.25) is 0 Å². The Morgan fingerprint density at radius 1 is 0.581 bits per heavy atom. The van der Waals surface area contributed by atoms with Crippen LogP contribution in [-0.2, 0) is 0 Å². The topological polar surface area (TPSA) is 24.9 Å². The largest absolute Gasteiger partial charge is 0.362 e. The average molecular weight is 559 g/mol. The molecule has 0 fully saturated rings. The van der Waals surface area contributed by atoms with Crippen molar-refractivity contribution in [1.82, 2.24) is 10.3 Å². The van der Waals surface area contributed by atoms with E-state index in [9.17, 15) is 0 Å². The molecule has 4 aliphatic rings. The number of benzene rings is 2. The molecule has 1 aromatic heterocycles. The first-order valence-electron chi connectivity index (χ1n) is 15.8. The van der Waals surface area contributed by atoms with E-state index in [1.54, 1.807) is 0 Å². The van der Waals surface area contributed by atoms with Crippen LogP contribution in [0, 0.1) is 0 Å². The Balaban J connectivity index is 1.14. The van der Waals surface area contributed by atoms with Crippen LogP contribution in [0.4, 0.5) is 0 Å². The molecular weight excluding hydrogens is 520 g/mol. The number of rotatable bonds is 7. The van der Waals surface area contributed by atoms with E-state index in [-0.39, 0.29) is 0 Å². The Labute approximate surface area is 256 Å². The molecular formula is C41H38N2. The molecule has 2 heteroatoms. The maximum Gasteiger partial charge on any atom is 0.0702 e. The van der Waals surface area contributed by atoms with Crippen LogP contribution in [0.3, 0.4) is 0 Å². The van der Waals surface area contributed by atoms with Gasteiger partial charge in [-0.25, -0.2) is 0 Å². The van der Waals surface area contributed by atoms with E-state index in [2.05, 4.69) is 121 Å². The van der Waals surface area contributed by atoms with Crippen molar-refractivity contribution < 1.29 is 0 Å². The van der Waals surface area contributed by atoms with E-state index in [0.717, 1.165) is 62.6 Å². The summed E-state index contributed by atoms with van der Waals surface area (Å²) in [5.41, 5.74) is 15.5. The summed E-state index contributed by atoms with van der Waals surface area (Å²) in [7, 11) is 0. The third-order valence-corrected chi connectivity index (χ3v) is 8.82. The molecule has 0 saturated carbocycles. The predicted octanol–water partition coefficient (Wildman–Crippen LogP) is 10.5. The fourth-order valence-electron chi connectivity index (χ4n) is 6.42. The number of hydrogen-bond acceptors (Lipinski definition) is 2. The lowest BCUT2D eigenvalue weighted by Gasteiger charge is -2.26. The first kappa shape index (κ1) is 27.2. The van der Waals surface area contributed by atoms with Crippen molar-refractivity contribution in [2.75, 3.05) is 0 Å². The molecule has 0 amide bonds. The first-order chi connectivity index (χ1) is 21.3. The Kier molecular flexibility index (Phi) is 8.00. The van der Waals surface area contributed by atoms with Crippen LogP contribution in [0.15, 0.2) is 150 Å². The molecule has 0 aliphatic heterocycles. The zero-order valence-electron chi connectivity index (χ0n) is 24.7. The van der Waals surface area contributed by atoms with E-state index < -0.39 is 0 Å². The predicted molar refractivity (Wildman–Crippen MR) is 182 cm³/mol. The second-order valence-electron chi connectivity index (χ2n) is 11.7. The van der Waals surface area contributed by atoms with Crippen molar-refractivity contribution in [2.24, 2.45) is 0 Å². The summed E-state index contributed by atoms with van der Waals surface area (Å²) in [5.74, 6) is 0. The molecule has 7 rings (SSSR count). The molecule has 2 aromatic carbocycles. The fraction of sp³-hybridized carbons (Fsp3) is 0.195. The minimum absolute atomic E-state index is 0.999. The highest BCUT2D eigenvalue weighted by molar-refractivity contribution is 5.80. The molecule has 0 atom stereocenters. The molecule has 0 radical (unpaired) electrons. The smallest absolute Gasteiger partial charge is 0.0702 e. The summed E-state index contributed by atoms with van der Waals surface area (Å²) in [6, 6.07) is 23.8. The summed E-state index contributed by atoms with van der Waals surface area (Å²) in [5, 5.41) is 3.89. The average Bonchev–Trinajstić information content (AvgIpc) is 3.10. The summed E-state index contributed by atoms with van der Waals surface area (Å²) < 4.78 is 0. The van der Waals surface area contributed by atoms with Gasteiger partial charge < -0.3 is 5.32 Å². The quantitative estimate of drug-likeness (QED) is 0.312. The van der Waals surface area contributed by atoms with Crippen molar-refractivity contribution >= 4 is 16.7 Å². The van der Waals surface area contributed by atoms with Gasteiger partial charge in [0.15, 0.2) is 0 Å². The number of allylic oxidation sites excluding steroid dienone is 16. The lowest BCUT2D eigenvalue weighted by atomic mass is 9.85. The number of nitrogens with zero attached hydrogens (tertiary/aromatic N) is 1. The number of hydrogen-bond donors (Lipinski definition) is 1. The van der Waals surface area contributed by atoms with Gasteiger partial charge in [0.1, 0.15) is 0 Å². The van der Waals surface area contributed by atoms with Crippen LogP contribution in [0.5, 0.6) is 0 Å². The highest BCUT2D eigenvalue weighted by atomic mass is 14.9. The van der Waals surface area contributed by atoms with Gasteiger partial charge in [-0.1, -0.05) is 97.1 Å². The normalized spacial score (nSPS) is 18.4. The van der Waals surface area contributed by atoms with E-state index >= 15 is 0 Å². The van der Waals surface area contributed by atoms with Crippen LogP contribution < -0.4 is 5.32 Å². The molecule has 0 saturated heterocycles. The third kappa shape index (κ3) is 6.24.